The molecule has 16 heavy (non-hydrogen) atoms. The average molecular weight is 328 g/mol. The molecule has 0 saturated heterocycles. The minimum Gasteiger partial charge on any atom is -0.395 e. The third-order valence-electron chi connectivity index (χ3n) is 2.13. The zero-order chi connectivity index (χ0) is 12.3. The van der Waals surface area contributed by atoms with Gasteiger partial charge in [0.1, 0.15) is 4.21 Å². The summed E-state index contributed by atoms with van der Waals surface area (Å²) in [7, 11) is -3.45. The molecule has 1 aromatic rings. The molecule has 0 aliphatic heterocycles. The number of rotatable bonds is 5. The summed E-state index contributed by atoms with van der Waals surface area (Å²) in [6.45, 7) is 3.92. The third kappa shape index (κ3) is 2.84. The van der Waals surface area contributed by atoms with Crippen LogP contribution >= 0.6 is 27.3 Å². The normalized spacial score (nSPS) is 12.3. The van der Waals surface area contributed by atoms with Crippen LogP contribution in [0.15, 0.2) is 14.1 Å². The van der Waals surface area contributed by atoms with Crippen molar-refractivity contribution in [2.75, 3.05) is 19.7 Å². The average Bonchev–Trinajstić information content (AvgIpc) is 2.56. The second-order valence-corrected chi connectivity index (χ2v) is 7.78. The molecule has 0 atom stereocenters. The van der Waals surface area contributed by atoms with Gasteiger partial charge in [-0.2, -0.15) is 4.31 Å². The molecule has 1 N–H and O–H groups in total. The zero-order valence-corrected chi connectivity index (χ0v) is 12.3. The Bertz CT molecular complexity index is 436. The number of nitrogens with zero attached hydrogens (tertiary/aromatic N) is 1. The number of thiophene rings is 1. The molecule has 4 nitrogen and oxygen atoms in total. The summed E-state index contributed by atoms with van der Waals surface area (Å²) in [4.78, 5) is 0. The number of sulfonamides is 1. The highest BCUT2D eigenvalue weighted by Crippen LogP contribution is 2.32. The molecule has 0 bridgehead atoms. The van der Waals surface area contributed by atoms with Crippen molar-refractivity contribution in [3.05, 3.63) is 15.4 Å². The van der Waals surface area contributed by atoms with Gasteiger partial charge in [0.05, 0.1) is 10.4 Å². The molecule has 0 saturated carbocycles. The van der Waals surface area contributed by atoms with E-state index < -0.39 is 10.0 Å². The van der Waals surface area contributed by atoms with E-state index in [2.05, 4.69) is 15.9 Å². The lowest BCUT2D eigenvalue weighted by Gasteiger charge is -2.17. The van der Waals surface area contributed by atoms with E-state index >= 15 is 0 Å². The maximum absolute atomic E-state index is 12.1. The third-order valence-corrected chi connectivity index (χ3v) is 6.69. The van der Waals surface area contributed by atoms with Gasteiger partial charge in [-0.15, -0.1) is 11.3 Å². The van der Waals surface area contributed by atoms with Gasteiger partial charge in [-0.3, -0.25) is 0 Å². The van der Waals surface area contributed by atoms with E-state index in [9.17, 15) is 8.42 Å². The number of aliphatic hydroxyl groups excluding tert-OH is 1. The van der Waals surface area contributed by atoms with E-state index in [1.807, 2.05) is 6.92 Å². The molecule has 0 fully saturated rings. The number of hydrogen-bond acceptors (Lipinski definition) is 4. The quantitative estimate of drug-likeness (QED) is 0.897. The van der Waals surface area contributed by atoms with Crippen molar-refractivity contribution < 1.29 is 13.5 Å². The second kappa shape index (κ2) is 5.59. The standard InChI is InChI=1S/C9H14BrNO3S2/c1-3-11(4-5-12)16(13,14)8-6-7(2)9(10)15-8/h6,12H,3-5H2,1-2H3. The maximum Gasteiger partial charge on any atom is 0.252 e. The van der Waals surface area contributed by atoms with Crippen molar-refractivity contribution in [2.24, 2.45) is 0 Å². The van der Waals surface area contributed by atoms with E-state index in [1.165, 1.54) is 15.6 Å². The fourth-order valence-electron chi connectivity index (χ4n) is 1.25. The van der Waals surface area contributed by atoms with E-state index in [4.69, 9.17) is 5.11 Å². The first kappa shape index (κ1) is 14.1. The van der Waals surface area contributed by atoms with E-state index in [0.29, 0.717) is 10.8 Å². The first-order valence-corrected chi connectivity index (χ1v) is 7.85. The lowest BCUT2D eigenvalue weighted by Crippen LogP contribution is -2.32. The largest absolute Gasteiger partial charge is 0.395 e. The lowest BCUT2D eigenvalue weighted by atomic mass is 10.4. The van der Waals surface area contributed by atoms with Crippen molar-refractivity contribution in [1.82, 2.24) is 4.31 Å². The highest BCUT2D eigenvalue weighted by molar-refractivity contribution is 9.11. The van der Waals surface area contributed by atoms with Gasteiger partial charge in [0.2, 0.25) is 0 Å². The minimum absolute atomic E-state index is 0.132. The lowest BCUT2D eigenvalue weighted by molar-refractivity contribution is 0.257. The molecule has 0 radical (unpaired) electrons. The van der Waals surface area contributed by atoms with Gasteiger partial charge in [0.25, 0.3) is 10.0 Å². The molecule has 0 amide bonds. The van der Waals surface area contributed by atoms with E-state index in [-0.39, 0.29) is 13.2 Å². The molecule has 7 heteroatoms. The molecular weight excluding hydrogens is 314 g/mol. The molecule has 1 aromatic heterocycles. The summed E-state index contributed by atoms with van der Waals surface area (Å²) in [5, 5.41) is 8.83. The van der Waals surface area contributed by atoms with Crippen LogP contribution in [0, 0.1) is 6.92 Å². The van der Waals surface area contributed by atoms with E-state index in [0.717, 1.165) is 9.35 Å². The van der Waals surface area contributed by atoms with Gasteiger partial charge in [0.15, 0.2) is 0 Å². The number of aryl methyl sites for hydroxylation is 1. The fourth-order valence-corrected chi connectivity index (χ4v) is 5.07. The summed E-state index contributed by atoms with van der Waals surface area (Å²) in [6.07, 6.45) is 0. The Balaban J connectivity index is 3.09. The van der Waals surface area contributed by atoms with Crippen molar-refractivity contribution in [3.8, 4) is 0 Å². The SMILES string of the molecule is CCN(CCO)S(=O)(=O)c1cc(C)c(Br)s1. The predicted molar refractivity (Wildman–Crippen MR) is 68.3 cm³/mol. The molecule has 0 spiro atoms. The first-order chi connectivity index (χ1) is 7.43. The Kier molecular flexibility index (Phi) is 4.93. The summed E-state index contributed by atoms with van der Waals surface area (Å²) in [6, 6.07) is 1.64. The first-order valence-electron chi connectivity index (χ1n) is 4.80. The molecule has 1 heterocycles. The Morgan fingerprint density at radius 2 is 2.19 bits per heavy atom. The Labute approximate surface area is 108 Å². The van der Waals surface area contributed by atoms with Gasteiger partial charge in [-0.05, 0) is 34.5 Å². The highest BCUT2D eigenvalue weighted by atomic mass is 79.9. The van der Waals surface area contributed by atoms with Crippen LogP contribution in [-0.2, 0) is 10.0 Å². The van der Waals surface area contributed by atoms with Gasteiger partial charge >= 0.3 is 0 Å². The molecule has 0 aromatic carbocycles. The van der Waals surface area contributed by atoms with Gasteiger partial charge in [0, 0.05) is 13.1 Å². The Morgan fingerprint density at radius 3 is 2.56 bits per heavy atom. The summed E-state index contributed by atoms with van der Waals surface area (Å²) < 4.78 is 26.7. The molecule has 0 aliphatic carbocycles. The van der Waals surface area contributed by atoms with Crippen LogP contribution < -0.4 is 0 Å². The monoisotopic (exact) mass is 327 g/mol. The predicted octanol–water partition coefficient (Wildman–Crippen LogP) is 1.82. The van der Waals surface area contributed by atoms with Crippen LogP contribution in [0.4, 0.5) is 0 Å². The van der Waals surface area contributed by atoms with Gasteiger partial charge in [-0.25, -0.2) is 8.42 Å². The van der Waals surface area contributed by atoms with Crippen LogP contribution in [0.25, 0.3) is 0 Å². The van der Waals surface area contributed by atoms with Crippen LogP contribution in [0.3, 0.4) is 0 Å². The molecule has 92 valence electrons. The number of hydrogen-bond donors (Lipinski definition) is 1. The van der Waals surface area contributed by atoms with Crippen LogP contribution in [0.5, 0.6) is 0 Å². The number of halogens is 1. The van der Waals surface area contributed by atoms with E-state index in [1.54, 1.807) is 13.0 Å². The van der Waals surface area contributed by atoms with Crippen molar-refractivity contribution in [3.63, 3.8) is 0 Å². The van der Waals surface area contributed by atoms with Crippen LogP contribution in [0.2, 0.25) is 0 Å². The Hall–Kier alpha value is 0.0500. The molecule has 1 rings (SSSR count). The van der Waals surface area contributed by atoms with Crippen molar-refractivity contribution >= 4 is 37.3 Å². The van der Waals surface area contributed by atoms with Gasteiger partial charge < -0.3 is 5.11 Å². The minimum atomic E-state index is -3.45. The molecular formula is C9H14BrNO3S2. The van der Waals surface area contributed by atoms with Crippen molar-refractivity contribution in [2.45, 2.75) is 18.1 Å². The molecule has 0 unspecified atom stereocenters. The summed E-state index contributed by atoms with van der Waals surface area (Å²) in [5.74, 6) is 0. The smallest absolute Gasteiger partial charge is 0.252 e. The number of likely N-dealkylation sites (N-methyl/N-ethyl adjacent to an activating group) is 1. The van der Waals surface area contributed by atoms with Crippen LogP contribution in [0.1, 0.15) is 12.5 Å². The Morgan fingerprint density at radius 1 is 1.56 bits per heavy atom. The summed E-state index contributed by atoms with van der Waals surface area (Å²) in [5.41, 5.74) is 0.906. The maximum atomic E-state index is 12.1. The molecule has 0 aliphatic rings. The second-order valence-electron chi connectivity index (χ2n) is 3.24. The highest BCUT2D eigenvalue weighted by Gasteiger charge is 2.25. The summed E-state index contributed by atoms with van der Waals surface area (Å²) >= 11 is 4.50. The van der Waals surface area contributed by atoms with Crippen molar-refractivity contribution in [1.29, 1.82) is 0 Å². The fraction of sp³-hybridized carbons (Fsp3) is 0.556. The zero-order valence-electron chi connectivity index (χ0n) is 9.10. The van der Waals surface area contributed by atoms with Gasteiger partial charge in [-0.1, -0.05) is 6.92 Å². The van der Waals surface area contributed by atoms with Crippen LogP contribution in [-0.4, -0.2) is 37.5 Å². The number of aliphatic hydroxyl groups is 1. The topological polar surface area (TPSA) is 57.6 Å².